The lowest BCUT2D eigenvalue weighted by Crippen LogP contribution is -2.31. The molecule has 1 heterocycles. The number of guanidine groups is 1. The van der Waals surface area contributed by atoms with Crippen molar-refractivity contribution in [1.82, 2.24) is 10.3 Å². The Bertz CT molecular complexity index is 477. The van der Waals surface area contributed by atoms with Gasteiger partial charge in [-0.3, -0.25) is 5.32 Å². The van der Waals surface area contributed by atoms with Gasteiger partial charge in [-0.25, -0.2) is 9.98 Å². The zero-order valence-electron chi connectivity index (χ0n) is 11.7. The number of hydrogen-bond donors (Lipinski definition) is 3. The maximum Gasteiger partial charge on any atom is 0.209 e. The molecular weight excluding hydrogens is 240 g/mol. The predicted molar refractivity (Wildman–Crippen MR) is 77.4 cm³/mol. The largest absolute Gasteiger partial charge is 0.384 e. The zero-order valence-corrected chi connectivity index (χ0v) is 11.7. The van der Waals surface area contributed by atoms with Crippen LogP contribution in [0.1, 0.15) is 27.7 Å². The molecule has 0 saturated carbocycles. The fourth-order valence-electron chi connectivity index (χ4n) is 1.15. The number of rotatable bonds is 2. The van der Waals surface area contributed by atoms with E-state index >= 15 is 0 Å². The number of aliphatic imine (C=N–C) groups is 1. The number of hydrogen-bond acceptors (Lipinski definition) is 4. The van der Waals surface area contributed by atoms with E-state index in [0.29, 0.717) is 11.8 Å². The highest BCUT2D eigenvalue weighted by Crippen LogP contribution is 2.21. The lowest BCUT2D eigenvalue weighted by atomic mass is 9.88. The normalized spacial score (nSPS) is 13.5. The molecule has 0 bridgehead atoms. The summed E-state index contributed by atoms with van der Waals surface area (Å²) in [5.74, 6) is 0.844. The fraction of sp³-hybridized carbons (Fsp3) is 0.462. The van der Waals surface area contributed by atoms with E-state index in [1.807, 2.05) is 13.1 Å². The smallest absolute Gasteiger partial charge is 0.209 e. The van der Waals surface area contributed by atoms with Crippen LogP contribution in [0, 0.1) is 16.9 Å². The second kappa shape index (κ2) is 6.05. The minimum absolute atomic E-state index is 0.0173. The van der Waals surface area contributed by atoms with Crippen LogP contribution in [-0.4, -0.2) is 17.0 Å². The van der Waals surface area contributed by atoms with Crippen LogP contribution < -0.4 is 16.4 Å². The number of nitrogen functional groups attached to an aromatic ring is 1. The van der Waals surface area contributed by atoms with Gasteiger partial charge >= 0.3 is 0 Å². The van der Waals surface area contributed by atoms with Crippen LogP contribution >= 0.6 is 0 Å². The third-order valence-electron chi connectivity index (χ3n) is 2.80. The van der Waals surface area contributed by atoms with E-state index in [1.165, 1.54) is 0 Å². The third-order valence-corrected chi connectivity index (χ3v) is 2.80. The summed E-state index contributed by atoms with van der Waals surface area (Å²) in [4.78, 5) is 8.44. The Morgan fingerprint density at radius 3 is 2.63 bits per heavy atom. The first kappa shape index (κ1) is 14.8. The molecule has 0 amide bonds. The first-order valence-electron chi connectivity index (χ1n) is 6.04. The van der Waals surface area contributed by atoms with Crippen LogP contribution in [0.5, 0.6) is 0 Å². The molecule has 0 spiro atoms. The Hall–Kier alpha value is -2.29. The van der Waals surface area contributed by atoms with Crippen molar-refractivity contribution >= 4 is 17.5 Å². The van der Waals surface area contributed by atoms with Gasteiger partial charge in [0.15, 0.2) is 6.19 Å². The summed E-state index contributed by atoms with van der Waals surface area (Å²) in [5, 5.41) is 14.3. The Labute approximate surface area is 113 Å². The number of nitrogens with zero attached hydrogens (tertiary/aromatic N) is 3. The SMILES string of the molecule is C[C@H](N=C(NC#N)Nc1ccc(N)nc1)C(C)(C)C. The molecule has 6 nitrogen and oxygen atoms in total. The molecule has 1 aromatic rings. The number of pyridine rings is 1. The van der Waals surface area contributed by atoms with E-state index < -0.39 is 0 Å². The lowest BCUT2D eigenvalue weighted by molar-refractivity contribution is 0.341. The Kier molecular flexibility index (Phi) is 4.70. The molecule has 6 heteroatoms. The quantitative estimate of drug-likeness (QED) is 0.326. The van der Waals surface area contributed by atoms with Gasteiger partial charge < -0.3 is 11.1 Å². The first-order chi connectivity index (χ1) is 8.82. The average Bonchev–Trinajstić information content (AvgIpc) is 2.31. The molecule has 1 rings (SSSR count). The van der Waals surface area contributed by atoms with E-state index in [9.17, 15) is 0 Å². The van der Waals surface area contributed by atoms with Gasteiger partial charge in [0, 0.05) is 0 Å². The topological polar surface area (TPSA) is 99.1 Å². The maximum atomic E-state index is 8.76. The monoisotopic (exact) mass is 260 g/mol. The van der Waals surface area contributed by atoms with Crippen molar-refractivity contribution in [2.45, 2.75) is 33.7 Å². The molecule has 4 N–H and O–H groups in total. The molecule has 0 aliphatic rings. The molecule has 1 aromatic heterocycles. The van der Waals surface area contributed by atoms with Gasteiger partial charge in [-0.15, -0.1) is 0 Å². The van der Waals surface area contributed by atoms with Crippen molar-refractivity contribution < 1.29 is 0 Å². The summed E-state index contributed by atoms with van der Waals surface area (Å²) in [6.45, 7) is 8.28. The number of nitriles is 1. The van der Waals surface area contributed by atoms with Crippen LogP contribution in [0.3, 0.4) is 0 Å². The van der Waals surface area contributed by atoms with Crippen LogP contribution in [0.25, 0.3) is 0 Å². The van der Waals surface area contributed by atoms with Crippen LogP contribution in [-0.2, 0) is 0 Å². The third kappa shape index (κ3) is 4.84. The zero-order chi connectivity index (χ0) is 14.5. The van der Waals surface area contributed by atoms with Crippen LogP contribution in [0.2, 0.25) is 0 Å². The number of nitrogens with two attached hydrogens (primary N) is 1. The van der Waals surface area contributed by atoms with Gasteiger partial charge in [0.2, 0.25) is 5.96 Å². The minimum Gasteiger partial charge on any atom is -0.384 e. The van der Waals surface area contributed by atoms with Gasteiger partial charge in [0.25, 0.3) is 0 Å². The second-order valence-electron chi connectivity index (χ2n) is 5.35. The van der Waals surface area contributed by atoms with E-state index in [2.05, 4.69) is 41.4 Å². The van der Waals surface area contributed by atoms with E-state index in [-0.39, 0.29) is 11.5 Å². The molecule has 0 aromatic carbocycles. The molecule has 0 saturated heterocycles. The predicted octanol–water partition coefficient (Wildman–Crippen LogP) is 1.94. The highest BCUT2D eigenvalue weighted by Gasteiger charge is 2.19. The molecule has 1 atom stereocenters. The van der Waals surface area contributed by atoms with Crippen LogP contribution in [0.4, 0.5) is 11.5 Å². The van der Waals surface area contributed by atoms with Crippen molar-refractivity contribution in [1.29, 1.82) is 5.26 Å². The van der Waals surface area contributed by atoms with Gasteiger partial charge in [-0.05, 0) is 24.5 Å². The van der Waals surface area contributed by atoms with E-state index in [4.69, 9.17) is 11.0 Å². The van der Waals surface area contributed by atoms with Crippen molar-refractivity contribution in [3.8, 4) is 6.19 Å². The summed E-state index contributed by atoms with van der Waals surface area (Å²) < 4.78 is 0. The van der Waals surface area contributed by atoms with Gasteiger partial charge in [-0.2, -0.15) is 5.26 Å². The van der Waals surface area contributed by atoms with Crippen molar-refractivity contribution in [2.24, 2.45) is 10.4 Å². The highest BCUT2D eigenvalue weighted by atomic mass is 15.2. The summed E-state index contributed by atoms with van der Waals surface area (Å²) >= 11 is 0. The summed E-state index contributed by atoms with van der Waals surface area (Å²) in [6, 6.07) is 3.51. The fourth-order valence-corrected chi connectivity index (χ4v) is 1.15. The van der Waals surface area contributed by atoms with E-state index in [0.717, 1.165) is 5.69 Å². The second-order valence-corrected chi connectivity index (χ2v) is 5.35. The molecule has 0 fully saturated rings. The summed E-state index contributed by atoms with van der Waals surface area (Å²) in [6.07, 6.45) is 3.46. The Morgan fingerprint density at radius 2 is 2.16 bits per heavy atom. The minimum atomic E-state index is 0.0173. The molecular formula is C13H20N6. The molecule has 0 aliphatic heterocycles. The number of anilines is 2. The molecule has 0 radical (unpaired) electrons. The maximum absolute atomic E-state index is 8.76. The Balaban J connectivity index is 2.87. The van der Waals surface area contributed by atoms with Gasteiger partial charge in [-0.1, -0.05) is 20.8 Å². The average molecular weight is 260 g/mol. The molecule has 19 heavy (non-hydrogen) atoms. The Morgan fingerprint density at radius 1 is 1.47 bits per heavy atom. The number of aromatic nitrogens is 1. The first-order valence-corrected chi connectivity index (χ1v) is 6.04. The molecule has 0 aliphatic carbocycles. The van der Waals surface area contributed by atoms with Crippen molar-refractivity contribution in [2.75, 3.05) is 11.1 Å². The number of nitrogens with one attached hydrogen (secondary N) is 2. The van der Waals surface area contributed by atoms with Crippen molar-refractivity contribution in [3.63, 3.8) is 0 Å². The standard InChI is InChI=1S/C13H20N6/c1-9(13(2,3)4)18-12(17-8-14)19-10-5-6-11(15)16-7-10/h5-7,9H,1-4H3,(H2,15,16)(H2,17,18,19)/t9-/m0/s1. The van der Waals surface area contributed by atoms with Crippen LogP contribution in [0.15, 0.2) is 23.3 Å². The molecule has 0 unspecified atom stereocenters. The van der Waals surface area contributed by atoms with Gasteiger partial charge in [0.05, 0.1) is 17.9 Å². The summed E-state index contributed by atoms with van der Waals surface area (Å²) in [7, 11) is 0. The molecule has 102 valence electrons. The van der Waals surface area contributed by atoms with Gasteiger partial charge in [0.1, 0.15) is 5.82 Å². The van der Waals surface area contributed by atoms with E-state index in [1.54, 1.807) is 18.3 Å². The summed E-state index contributed by atoms with van der Waals surface area (Å²) in [5.41, 5.74) is 6.25. The highest BCUT2D eigenvalue weighted by molar-refractivity contribution is 5.94. The van der Waals surface area contributed by atoms with Crippen molar-refractivity contribution in [3.05, 3.63) is 18.3 Å². The lowest BCUT2D eigenvalue weighted by Gasteiger charge is -2.24.